The van der Waals surface area contributed by atoms with E-state index < -0.39 is 0 Å². The molecule has 0 aliphatic carbocycles. The number of hydrogen-bond donors (Lipinski definition) is 0. The molecule has 3 heterocycles. The molecule has 0 saturated carbocycles. The van der Waals surface area contributed by atoms with Crippen LogP contribution in [-0.4, -0.2) is 36.9 Å². The maximum Gasteiger partial charge on any atom is 0.273 e. The van der Waals surface area contributed by atoms with Crippen LogP contribution in [0.5, 0.6) is 0 Å². The number of rotatable bonds is 6. The molecule has 0 radical (unpaired) electrons. The first-order valence-electron chi connectivity index (χ1n) is 9.63. The van der Waals surface area contributed by atoms with Gasteiger partial charge in [0.25, 0.3) is 5.91 Å². The van der Waals surface area contributed by atoms with Crippen LogP contribution in [0.1, 0.15) is 28.2 Å². The summed E-state index contributed by atoms with van der Waals surface area (Å²) in [6, 6.07) is 19.3. The van der Waals surface area contributed by atoms with E-state index in [1.165, 1.54) is 0 Å². The molecule has 4 rings (SSSR count). The zero-order valence-electron chi connectivity index (χ0n) is 16.6. The van der Waals surface area contributed by atoms with Crippen LogP contribution in [0.15, 0.2) is 67.0 Å². The summed E-state index contributed by atoms with van der Waals surface area (Å²) in [5.41, 5.74) is 4.36. The monoisotopic (exact) mass is 396 g/mol. The van der Waals surface area contributed by atoms with Gasteiger partial charge in [-0.1, -0.05) is 36.4 Å². The predicted molar refractivity (Wildman–Crippen MR) is 112 cm³/mol. The van der Waals surface area contributed by atoms with Crippen molar-refractivity contribution in [2.75, 3.05) is 6.54 Å². The van der Waals surface area contributed by atoms with Crippen molar-refractivity contribution in [1.29, 1.82) is 5.26 Å². The van der Waals surface area contributed by atoms with Crippen LogP contribution in [0.3, 0.4) is 0 Å². The van der Waals surface area contributed by atoms with Crippen LogP contribution >= 0.6 is 0 Å². The molecule has 7 heteroatoms. The summed E-state index contributed by atoms with van der Waals surface area (Å²) in [6.45, 7) is 2.54. The Morgan fingerprint density at radius 3 is 2.73 bits per heavy atom. The zero-order chi connectivity index (χ0) is 20.9. The Morgan fingerprint density at radius 2 is 2.00 bits per heavy atom. The molecule has 0 N–H and O–H groups in total. The van der Waals surface area contributed by atoms with Gasteiger partial charge in [0.15, 0.2) is 5.65 Å². The van der Waals surface area contributed by atoms with E-state index in [-0.39, 0.29) is 12.3 Å². The SMILES string of the molecule is Cc1cc(C(=O)N(CCC#N)Cc2cccnc2)n2nc(-c3ccccc3)cc2n1. The van der Waals surface area contributed by atoms with Gasteiger partial charge in [0.1, 0.15) is 5.69 Å². The molecule has 7 nitrogen and oxygen atoms in total. The minimum Gasteiger partial charge on any atom is -0.332 e. The van der Waals surface area contributed by atoms with Gasteiger partial charge in [0, 0.05) is 42.8 Å². The second kappa shape index (κ2) is 8.53. The topological polar surface area (TPSA) is 87.2 Å². The lowest BCUT2D eigenvalue weighted by molar-refractivity contribution is 0.0737. The lowest BCUT2D eigenvalue weighted by atomic mass is 10.2. The molecule has 0 saturated heterocycles. The summed E-state index contributed by atoms with van der Waals surface area (Å²) in [4.78, 5) is 23.8. The number of carbonyl (C=O) groups is 1. The molecule has 0 spiro atoms. The fraction of sp³-hybridized carbons (Fsp3) is 0.174. The predicted octanol–water partition coefficient (Wildman–Crippen LogP) is 3.66. The van der Waals surface area contributed by atoms with Gasteiger partial charge in [0.05, 0.1) is 18.2 Å². The zero-order valence-corrected chi connectivity index (χ0v) is 16.6. The summed E-state index contributed by atoms with van der Waals surface area (Å²) in [5.74, 6) is -0.202. The Bertz CT molecular complexity index is 1210. The third-order valence-corrected chi connectivity index (χ3v) is 4.72. The Labute approximate surface area is 174 Å². The molecule has 0 atom stereocenters. The average molecular weight is 396 g/mol. The smallest absolute Gasteiger partial charge is 0.273 e. The van der Waals surface area contributed by atoms with Gasteiger partial charge in [-0.25, -0.2) is 9.50 Å². The number of fused-ring (bicyclic) bond motifs is 1. The lowest BCUT2D eigenvalue weighted by Gasteiger charge is -2.22. The van der Waals surface area contributed by atoms with E-state index in [1.54, 1.807) is 27.9 Å². The van der Waals surface area contributed by atoms with E-state index >= 15 is 0 Å². The van der Waals surface area contributed by atoms with Crippen molar-refractivity contribution >= 4 is 11.6 Å². The standard InChI is InChI=1S/C23H20N6O/c1-17-13-21(23(30)28(12-6-10-24)16-18-7-5-11-25-15-18)29-22(26-17)14-20(27-29)19-8-3-2-4-9-19/h2-5,7-9,11,13-15H,6,12,16H2,1H3. The maximum absolute atomic E-state index is 13.5. The Morgan fingerprint density at radius 1 is 1.17 bits per heavy atom. The third kappa shape index (κ3) is 4.03. The van der Waals surface area contributed by atoms with Gasteiger partial charge in [-0.15, -0.1) is 0 Å². The summed E-state index contributed by atoms with van der Waals surface area (Å²) in [5, 5.41) is 13.7. The highest BCUT2D eigenvalue weighted by molar-refractivity contribution is 5.93. The lowest BCUT2D eigenvalue weighted by Crippen LogP contribution is -2.33. The van der Waals surface area contributed by atoms with Crippen LogP contribution in [-0.2, 0) is 6.54 Å². The average Bonchev–Trinajstić information content (AvgIpc) is 3.21. The third-order valence-electron chi connectivity index (χ3n) is 4.72. The van der Waals surface area contributed by atoms with E-state index in [2.05, 4.69) is 21.1 Å². The summed E-state index contributed by atoms with van der Waals surface area (Å²) in [6.07, 6.45) is 3.66. The second-order valence-electron chi connectivity index (χ2n) is 6.94. The molecular formula is C23H20N6O. The fourth-order valence-electron chi connectivity index (χ4n) is 3.31. The molecule has 1 amide bonds. The molecule has 0 fully saturated rings. The van der Waals surface area contributed by atoms with Crippen molar-refractivity contribution in [3.05, 3.63) is 83.9 Å². The minimum absolute atomic E-state index is 0.202. The minimum atomic E-state index is -0.202. The molecule has 0 bridgehead atoms. The number of hydrogen-bond acceptors (Lipinski definition) is 5. The van der Waals surface area contributed by atoms with E-state index in [1.807, 2.05) is 55.5 Å². The number of carbonyl (C=O) groups excluding carboxylic acids is 1. The molecule has 0 unspecified atom stereocenters. The maximum atomic E-state index is 13.5. The van der Waals surface area contributed by atoms with Gasteiger partial charge in [-0.2, -0.15) is 10.4 Å². The van der Waals surface area contributed by atoms with Crippen molar-refractivity contribution in [2.45, 2.75) is 19.9 Å². The van der Waals surface area contributed by atoms with Gasteiger partial charge in [0.2, 0.25) is 0 Å². The summed E-state index contributed by atoms with van der Waals surface area (Å²) in [7, 11) is 0. The van der Waals surface area contributed by atoms with Crippen molar-refractivity contribution < 1.29 is 4.79 Å². The number of nitrogens with zero attached hydrogens (tertiary/aromatic N) is 6. The molecule has 0 aliphatic heterocycles. The summed E-state index contributed by atoms with van der Waals surface area (Å²) < 4.78 is 1.58. The molecule has 4 aromatic rings. The number of pyridine rings is 1. The number of benzene rings is 1. The normalized spacial score (nSPS) is 10.7. The molecule has 0 aliphatic rings. The van der Waals surface area contributed by atoms with Gasteiger partial charge >= 0.3 is 0 Å². The molecule has 148 valence electrons. The number of amides is 1. The molecule has 30 heavy (non-hydrogen) atoms. The largest absolute Gasteiger partial charge is 0.332 e. The highest BCUT2D eigenvalue weighted by Crippen LogP contribution is 2.21. The van der Waals surface area contributed by atoms with Crippen LogP contribution in [0.25, 0.3) is 16.9 Å². The van der Waals surface area contributed by atoms with Crippen molar-refractivity contribution in [3.8, 4) is 17.3 Å². The first kappa shape index (κ1) is 19.3. The second-order valence-corrected chi connectivity index (χ2v) is 6.94. The highest BCUT2D eigenvalue weighted by atomic mass is 16.2. The van der Waals surface area contributed by atoms with Gasteiger partial charge < -0.3 is 4.90 Å². The van der Waals surface area contributed by atoms with Crippen LogP contribution < -0.4 is 0 Å². The van der Waals surface area contributed by atoms with Crippen LogP contribution in [0.2, 0.25) is 0 Å². The Balaban J connectivity index is 1.74. The van der Waals surface area contributed by atoms with E-state index in [0.29, 0.717) is 24.4 Å². The summed E-state index contributed by atoms with van der Waals surface area (Å²) >= 11 is 0. The van der Waals surface area contributed by atoms with Crippen LogP contribution in [0, 0.1) is 18.3 Å². The first-order chi connectivity index (χ1) is 14.7. The number of aromatic nitrogens is 4. The van der Waals surface area contributed by atoms with E-state index in [9.17, 15) is 4.79 Å². The van der Waals surface area contributed by atoms with Crippen molar-refractivity contribution in [1.82, 2.24) is 24.5 Å². The van der Waals surface area contributed by atoms with E-state index in [0.717, 1.165) is 22.5 Å². The number of aryl methyl sites for hydroxylation is 1. The van der Waals surface area contributed by atoms with E-state index in [4.69, 9.17) is 5.26 Å². The molecule has 1 aromatic carbocycles. The Hall–Kier alpha value is -4.05. The highest BCUT2D eigenvalue weighted by Gasteiger charge is 2.21. The van der Waals surface area contributed by atoms with Crippen molar-refractivity contribution in [2.24, 2.45) is 0 Å². The number of nitriles is 1. The van der Waals surface area contributed by atoms with Crippen molar-refractivity contribution in [3.63, 3.8) is 0 Å². The fourth-order valence-corrected chi connectivity index (χ4v) is 3.31. The molecular weight excluding hydrogens is 376 g/mol. The van der Waals surface area contributed by atoms with Gasteiger partial charge in [-0.05, 0) is 24.6 Å². The van der Waals surface area contributed by atoms with Crippen LogP contribution in [0.4, 0.5) is 0 Å². The quantitative estimate of drug-likeness (QED) is 0.496. The Kier molecular flexibility index (Phi) is 5.48. The van der Waals surface area contributed by atoms with Gasteiger partial charge in [-0.3, -0.25) is 9.78 Å². The molecule has 3 aromatic heterocycles. The first-order valence-corrected chi connectivity index (χ1v) is 9.63.